The highest BCUT2D eigenvalue weighted by atomic mass is 79.9. The number of urea groups is 3. The van der Waals surface area contributed by atoms with Gasteiger partial charge in [-0.2, -0.15) is 4.99 Å². The van der Waals surface area contributed by atoms with Gasteiger partial charge in [0.05, 0.1) is 28.6 Å². The minimum absolute atomic E-state index is 0.0979. The fraction of sp³-hybridized carbons (Fsp3) is 0.174. The third-order valence-electron chi connectivity index (χ3n) is 22.8. The number of aryl methyl sites for hydroxylation is 5. The van der Waals surface area contributed by atoms with Crippen LogP contribution in [0.2, 0.25) is 0 Å². The van der Waals surface area contributed by atoms with Crippen molar-refractivity contribution >= 4 is 97.2 Å². The van der Waals surface area contributed by atoms with Crippen LogP contribution >= 0.6 is 15.9 Å². The molecule has 17 rings (SSSR count). The Hall–Kier alpha value is -14.9. The molecule has 3 saturated heterocycles. The Labute approximate surface area is 791 Å². The quantitative estimate of drug-likeness (QED) is 0.0179. The summed E-state index contributed by atoms with van der Waals surface area (Å²) in [6, 6.07) is 83.5. The normalized spacial score (nSPS) is 17.8. The monoisotopic (exact) mass is 1910 g/mol. The maximum absolute atomic E-state index is 13.5. The molecule has 0 bridgehead atoms. The number of aliphatic hydroxyl groups is 3. The van der Waals surface area contributed by atoms with Gasteiger partial charge in [-0.15, -0.1) is 0 Å². The van der Waals surface area contributed by atoms with Crippen molar-refractivity contribution in [2.24, 2.45) is 10.9 Å². The molecule has 0 aromatic heterocycles. The Morgan fingerprint density at radius 1 is 0.353 bits per heavy atom. The van der Waals surface area contributed by atoms with Gasteiger partial charge in [0.1, 0.15) is 52.4 Å². The predicted molar refractivity (Wildman–Crippen MR) is 517 cm³/mol. The molecule has 3 aliphatic heterocycles. The Morgan fingerprint density at radius 3 is 0.838 bits per heavy atom. The molecule has 0 radical (unpaired) electrons. The van der Waals surface area contributed by atoms with Crippen molar-refractivity contribution in [1.29, 1.82) is 0 Å². The molecular weight excluding hydrogens is 1820 g/mol. The third kappa shape index (κ3) is 24.2. The number of rotatable bonds is 16. The Kier molecular flexibility index (Phi) is 33.8. The highest BCUT2D eigenvalue weighted by molar-refractivity contribution is 9.10. The second-order valence-electron chi connectivity index (χ2n) is 32.7. The molecule has 6 unspecified atom stereocenters. The summed E-state index contributed by atoms with van der Waals surface area (Å²) in [7, 11) is 0. The number of anilines is 7. The molecule has 17 nitrogen and oxygen atoms in total. The van der Waals surface area contributed by atoms with Crippen LogP contribution in [0.15, 0.2) is 345 Å². The molecule has 8 atom stereocenters. The summed E-state index contributed by atoms with van der Waals surface area (Å²) in [6.07, 6.45) is 1.99. The number of aliphatic imine (C=N–C) groups is 1. The van der Waals surface area contributed by atoms with Crippen LogP contribution in [-0.4, -0.2) is 74.0 Å². The van der Waals surface area contributed by atoms with Gasteiger partial charge in [-0.05, 0) is 293 Å². The van der Waals surface area contributed by atoms with Gasteiger partial charge in [0.2, 0.25) is 6.08 Å². The number of carbonyl (C=O) groups is 5. The van der Waals surface area contributed by atoms with E-state index in [1.807, 2.05) is 152 Å². The lowest BCUT2D eigenvalue weighted by Gasteiger charge is -2.35. The number of nitrogens with two attached hydrogens (primary N) is 1. The maximum Gasteiger partial charge on any atom is 0.332 e. The number of hydrogen-bond donors (Lipinski definition) is 4. The molecule has 5 N–H and O–H groups in total. The van der Waals surface area contributed by atoms with E-state index in [0.717, 1.165) is 44.5 Å². The van der Waals surface area contributed by atoms with E-state index < -0.39 is 88.3 Å². The van der Waals surface area contributed by atoms with Crippen molar-refractivity contribution in [3.63, 3.8) is 0 Å². The molecule has 0 spiro atoms. The minimum Gasteiger partial charge on any atom is -0.399 e. The topological polar surface area (TPSA) is 221 Å². The first-order chi connectivity index (χ1) is 64.7. The number of carbonyl (C=O) groups excluding carboxylic acids is 6. The Balaban J connectivity index is 0.000000159. The third-order valence-corrected chi connectivity index (χ3v) is 23.2. The fourth-order valence-electron chi connectivity index (χ4n) is 15.8. The molecular formula is C109H98BrF9N8O9. The zero-order chi connectivity index (χ0) is 98.6. The van der Waals surface area contributed by atoms with Crippen LogP contribution in [0.4, 0.5) is 99.4 Å². The molecule has 6 amide bonds. The van der Waals surface area contributed by atoms with E-state index in [1.165, 1.54) is 242 Å². The zero-order valence-electron chi connectivity index (χ0n) is 75.7. The van der Waals surface area contributed by atoms with E-state index in [2.05, 4.69) is 20.9 Å². The van der Waals surface area contributed by atoms with Gasteiger partial charge in [0.25, 0.3) is 0 Å². The van der Waals surface area contributed by atoms with E-state index in [9.17, 15) is 83.6 Å². The Morgan fingerprint density at radius 2 is 0.588 bits per heavy atom. The number of benzene rings is 14. The molecule has 14 aromatic carbocycles. The number of halogens is 10. The van der Waals surface area contributed by atoms with Gasteiger partial charge in [-0.1, -0.05) is 172 Å². The van der Waals surface area contributed by atoms with Crippen LogP contribution in [-0.2, 0) is 28.4 Å². The second kappa shape index (κ2) is 45.2. The zero-order valence-corrected chi connectivity index (χ0v) is 77.3. The van der Waals surface area contributed by atoms with Crippen molar-refractivity contribution in [3.8, 4) is 0 Å². The Bertz CT molecular complexity index is 6110. The van der Waals surface area contributed by atoms with Crippen molar-refractivity contribution in [3.05, 3.63) is 453 Å². The van der Waals surface area contributed by atoms with Crippen LogP contribution in [0.5, 0.6) is 0 Å². The minimum atomic E-state index is -1.71. The first-order valence-electron chi connectivity index (χ1n) is 43.0. The van der Waals surface area contributed by atoms with Gasteiger partial charge in [-0.3, -0.25) is 39.0 Å². The number of isocyanates is 1. The average Bonchev–Trinajstić information content (AvgIpc) is 1.57. The molecule has 3 fully saturated rings. The SMILES string of the molecule is Cc1cccc(C(=O)C(C)Br)c1.Cc1cccc(C(=O)C(C)Cc2ccc(F)cc2)c1.Cc1cccc(C2(O)C(C)N(c3ccc(F)cc3)C(=O)N2c2ccc(F)cc2)c1.Cc1cccc(C2(O)[C@@H](C)N(c3ccc(F)cc3)C(=O)N2c2ccc(F)cc2)c1.Cc1cccc(C2(O)[C@H](C)N(c3ccc(F)cc3)C(=O)N2c2ccc(F)cc2)c1.Nc1ccc(F)cc1.O=C=Nc1ccc(F)cc1. The number of nitrogens with zero attached hydrogens (tertiary/aromatic N) is 7. The summed E-state index contributed by atoms with van der Waals surface area (Å²) in [5, 5.41) is 35.7. The van der Waals surface area contributed by atoms with Gasteiger partial charge in [0.15, 0.2) is 28.7 Å². The maximum atomic E-state index is 13.5. The number of nitrogen functional groups attached to an aromatic ring is 1. The standard InChI is InChI=1S/3C23H20F2N2O2.C17H17FO.C10H11BrO.C7H4FNO.C6H6FN/c3*1-15-4-3-5-17(14-15)23(29)16(2)26(20-10-6-18(24)7-11-20)22(28)27(23)21-12-8-19(25)9-13-21;1-12-4-3-5-15(10-12)17(19)13(2)11-14-6-8-16(18)9-7-14;1-7-4-3-5-9(6-7)10(12)8(2)11;8-6-1-3-7(4-2-6)9-5-10;7-5-1-3-6(8)4-2-5/h3*3-14,16,29H,1-2H3;3-10,13H,11H2,1-2H3;3-6,8H,1-2H3;1-4H;1-4H,8H2/t2*16-,23?;;;;;/m10...../s1. The van der Waals surface area contributed by atoms with Crippen molar-refractivity contribution in [2.75, 3.05) is 35.1 Å². The summed E-state index contributed by atoms with van der Waals surface area (Å²) >= 11 is 3.25. The van der Waals surface area contributed by atoms with E-state index >= 15 is 0 Å². The van der Waals surface area contributed by atoms with Crippen LogP contribution in [0.25, 0.3) is 0 Å². The van der Waals surface area contributed by atoms with Crippen molar-refractivity contribution in [2.45, 2.75) is 116 Å². The van der Waals surface area contributed by atoms with Crippen LogP contribution in [0.3, 0.4) is 0 Å². The predicted octanol–water partition coefficient (Wildman–Crippen LogP) is 25.2. The smallest absolute Gasteiger partial charge is 0.332 e. The van der Waals surface area contributed by atoms with E-state index in [-0.39, 0.29) is 39.8 Å². The number of amides is 6. The second-order valence-corrected chi connectivity index (χ2v) is 34.1. The highest BCUT2D eigenvalue weighted by Crippen LogP contribution is 2.49. The summed E-state index contributed by atoms with van der Waals surface area (Å²) < 4.78 is 118. The summed E-state index contributed by atoms with van der Waals surface area (Å²) in [5.74, 6) is -3.26. The summed E-state index contributed by atoms with van der Waals surface area (Å²) in [6.45, 7) is 18.6. The molecule has 3 heterocycles. The summed E-state index contributed by atoms with van der Waals surface area (Å²) in [4.78, 5) is 85.0. The molecule has 136 heavy (non-hydrogen) atoms. The molecule has 698 valence electrons. The fourth-order valence-corrected chi connectivity index (χ4v) is 16.1. The lowest BCUT2D eigenvalue weighted by atomic mass is 9.92. The molecule has 3 aliphatic rings. The lowest BCUT2D eigenvalue weighted by Crippen LogP contribution is -2.48. The molecule has 27 heteroatoms. The molecule has 0 saturated carbocycles. The largest absolute Gasteiger partial charge is 0.399 e. The van der Waals surface area contributed by atoms with Crippen molar-refractivity contribution < 1.29 is 83.6 Å². The first kappa shape index (κ1) is 102. The number of hydrogen-bond acceptors (Lipinski definition) is 11. The van der Waals surface area contributed by atoms with E-state index in [4.69, 9.17) is 5.73 Å². The van der Waals surface area contributed by atoms with Crippen LogP contribution in [0, 0.1) is 92.9 Å². The first-order valence-corrected chi connectivity index (χ1v) is 43.9. The van der Waals surface area contributed by atoms with Gasteiger partial charge < -0.3 is 21.1 Å². The van der Waals surface area contributed by atoms with Gasteiger partial charge in [-0.25, -0.2) is 58.7 Å². The van der Waals surface area contributed by atoms with E-state index in [1.54, 1.807) is 51.1 Å². The highest BCUT2D eigenvalue weighted by Gasteiger charge is 2.60. The number of Topliss-reactive ketones (excluding diaryl/α,β-unsaturated/α-hetero) is 2. The molecule has 14 aromatic rings. The molecule has 0 aliphatic carbocycles. The number of ketones is 2. The van der Waals surface area contributed by atoms with E-state index in [0.29, 0.717) is 68.6 Å². The van der Waals surface area contributed by atoms with Gasteiger partial charge in [0, 0.05) is 73.5 Å². The lowest BCUT2D eigenvalue weighted by molar-refractivity contribution is 0.0368. The van der Waals surface area contributed by atoms with Crippen molar-refractivity contribution in [1.82, 2.24) is 0 Å². The summed E-state index contributed by atoms with van der Waals surface area (Å²) in [5.41, 5.74) is 12.7. The average molecular weight is 1910 g/mol. The van der Waals surface area contributed by atoms with Crippen LogP contribution in [0.1, 0.15) is 105 Å². The van der Waals surface area contributed by atoms with Gasteiger partial charge >= 0.3 is 18.1 Å². The van der Waals surface area contributed by atoms with Crippen LogP contribution < -0.4 is 35.1 Å². The number of alkyl halides is 1.